The number of anilines is 1. The molecule has 0 radical (unpaired) electrons. The number of rotatable bonds is 4. The molecule has 7 nitrogen and oxygen atoms in total. The van der Waals surface area contributed by atoms with Gasteiger partial charge in [0.1, 0.15) is 0 Å². The molecule has 3 rings (SSSR count). The van der Waals surface area contributed by atoms with Crippen LogP contribution >= 0.6 is 0 Å². The van der Waals surface area contributed by atoms with Gasteiger partial charge in [-0.15, -0.1) is 0 Å². The first-order chi connectivity index (χ1) is 12.1. The van der Waals surface area contributed by atoms with Crippen molar-refractivity contribution in [2.75, 3.05) is 31.5 Å². The smallest absolute Gasteiger partial charge is 0.321 e. The molecule has 25 heavy (non-hydrogen) atoms. The van der Waals surface area contributed by atoms with Gasteiger partial charge in [-0.05, 0) is 11.6 Å². The highest BCUT2D eigenvalue weighted by molar-refractivity contribution is 5.89. The Hall–Kier alpha value is -2.93. The zero-order chi connectivity index (χ0) is 17.6. The van der Waals surface area contributed by atoms with Crippen molar-refractivity contribution in [3.8, 4) is 0 Å². The summed E-state index contributed by atoms with van der Waals surface area (Å²) in [5.74, 6) is 0. The highest BCUT2D eigenvalue weighted by Gasteiger charge is 2.21. The molecule has 1 aliphatic rings. The summed E-state index contributed by atoms with van der Waals surface area (Å²) in [5.41, 5.74) is 1.66. The molecule has 0 atom stereocenters. The predicted molar refractivity (Wildman–Crippen MR) is 95.4 cm³/mol. The largest absolute Gasteiger partial charge is 0.322 e. The zero-order valence-electron chi connectivity index (χ0n) is 13.8. The Balaban J connectivity index is 1.51. The van der Waals surface area contributed by atoms with E-state index < -0.39 is 4.92 Å². The minimum Gasteiger partial charge on any atom is -0.322 e. The van der Waals surface area contributed by atoms with Crippen molar-refractivity contribution in [2.24, 2.45) is 0 Å². The van der Waals surface area contributed by atoms with Crippen LogP contribution in [0.15, 0.2) is 54.6 Å². The van der Waals surface area contributed by atoms with E-state index in [1.807, 2.05) is 18.2 Å². The van der Waals surface area contributed by atoms with Crippen LogP contribution in [-0.4, -0.2) is 46.9 Å². The molecule has 0 aromatic heterocycles. The molecule has 1 saturated heterocycles. The van der Waals surface area contributed by atoms with Gasteiger partial charge in [-0.1, -0.05) is 36.4 Å². The molecule has 0 unspecified atom stereocenters. The monoisotopic (exact) mass is 340 g/mol. The summed E-state index contributed by atoms with van der Waals surface area (Å²) in [6, 6.07) is 16.0. The van der Waals surface area contributed by atoms with Crippen LogP contribution in [0.2, 0.25) is 0 Å². The fourth-order valence-electron chi connectivity index (χ4n) is 2.85. The molecule has 1 N–H and O–H groups in total. The number of carbonyl (C=O) groups is 1. The van der Waals surface area contributed by atoms with Gasteiger partial charge in [0, 0.05) is 50.5 Å². The average molecular weight is 340 g/mol. The summed E-state index contributed by atoms with van der Waals surface area (Å²) in [6.07, 6.45) is 0. The molecule has 0 aliphatic carbocycles. The molecule has 0 saturated carbocycles. The Kier molecular flexibility index (Phi) is 5.25. The van der Waals surface area contributed by atoms with E-state index in [4.69, 9.17) is 0 Å². The Morgan fingerprint density at radius 3 is 2.44 bits per heavy atom. The average Bonchev–Trinajstić information content (AvgIpc) is 2.63. The molecule has 1 heterocycles. The minimum atomic E-state index is -0.474. The first-order valence-corrected chi connectivity index (χ1v) is 8.18. The third-order valence-electron chi connectivity index (χ3n) is 4.22. The van der Waals surface area contributed by atoms with E-state index in [2.05, 4.69) is 22.3 Å². The van der Waals surface area contributed by atoms with Crippen molar-refractivity contribution in [3.63, 3.8) is 0 Å². The highest BCUT2D eigenvalue weighted by Crippen LogP contribution is 2.18. The molecule has 2 aromatic carbocycles. The topological polar surface area (TPSA) is 78.7 Å². The second-order valence-corrected chi connectivity index (χ2v) is 5.99. The van der Waals surface area contributed by atoms with Gasteiger partial charge < -0.3 is 10.2 Å². The van der Waals surface area contributed by atoms with Gasteiger partial charge in [0.15, 0.2) is 0 Å². The van der Waals surface area contributed by atoms with E-state index in [1.165, 1.54) is 17.7 Å². The standard InChI is InChI=1S/C18H20N4O3/c23-18(19-16-7-4-8-17(13-16)22(24)25)21-11-9-20(10-12-21)14-15-5-2-1-3-6-15/h1-8,13H,9-12,14H2,(H,19,23). The number of hydrogen-bond donors (Lipinski definition) is 1. The lowest BCUT2D eigenvalue weighted by Gasteiger charge is -2.34. The normalized spacial score (nSPS) is 15.0. The van der Waals surface area contributed by atoms with Gasteiger partial charge in [0.2, 0.25) is 0 Å². The summed E-state index contributed by atoms with van der Waals surface area (Å²) in [6.45, 7) is 3.75. The van der Waals surface area contributed by atoms with Crippen molar-refractivity contribution in [1.82, 2.24) is 9.80 Å². The summed E-state index contributed by atoms with van der Waals surface area (Å²) in [7, 11) is 0. The zero-order valence-corrected chi connectivity index (χ0v) is 13.8. The molecular weight excluding hydrogens is 320 g/mol. The molecule has 2 amide bonds. The minimum absolute atomic E-state index is 0.0366. The lowest BCUT2D eigenvalue weighted by atomic mass is 10.2. The van der Waals surface area contributed by atoms with E-state index in [9.17, 15) is 14.9 Å². The number of nitrogens with zero attached hydrogens (tertiary/aromatic N) is 3. The molecular formula is C18H20N4O3. The first kappa shape index (κ1) is 16.9. The lowest BCUT2D eigenvalue weighted by molar-refractivity contribution is -0.384. The lowest BCUT2D eigenvalue weighted by Crippen LogP contribution is -2.49. The van der Waals surface area contributed by atoms with Gasteiger partial charge in [-0.25, -0.2) is 4.79 Å². The van der Waals surface area contributed by atoms with Crippen molar-refractivity contribution in [2.45, 2.75) is 6.54 Å². The van der Waals surface area contributed by atoms with E-state index >= 15 is 0 Å². The number of nitrogens with one attached hydrogen (secondary N) is 1. The maximum Gasteiger partial charge on any atom is 0.321 e. The summed E-state index contributed by atoms with van der Waals surface area (Å²) < 4.78 is 0. The van der Waals surface area contributed by atoms with Gasteiger partial charge in [0.05, 0.1) is 4.92 Å². The maximum atomic E-state index is 12.3. The predicted octanol–water partition coefficient (Wildman–Crippen LogP) is 2.94. The van der Waals surface area contributed by atoms with Crippen LogP contribution in [0, 0.1) is 10.1 Å². The van der Waals surface area contributed by atoms with E-state index in [0.717, 1.165) is 19.6 Å². The Bertz CT molecular complexity index is 743. The maximum absolute atomic E-state index is 12.3. The van der Waals surface area contributed by atoms with Gasteiger partial charge in [0.25, 0.3) is 5.69 Å². The van der Waals surface area contributed by atoms with Crippen LogP contribution in [0.25, 0.3) is 0 Å². The van der Waals surface area contributed by atoms with Crippen LogP contribution < -0.4 is 5.32 Å². The number of urea groups is 1. The van der Waals surface area contributed by atoms with Crippen LogP contribution in [-0.2, 0) is 6.54 Å². The second kappa shape index (κ2) is 7.76. The molecule has 2 aromatic rings. The summed E-state index contributed by atoms with van der Waals surface area (Å²) in [5, 5.41) is 13.5. The number of hydrogen-bond acceptors (Lipinski definition) is 4. The molecule has 0 spiro atoms. The fraction of sp³-hybridized carbons (Fsp3) is 0.278. The molecule has 7 heteroatoms. The number of non-ortho nitro benzene ring substituents is 1. The van der Waals surface area contributed by atoms with E-state index in [0.29, 0.717) is 18.8 Å². The highest BCUT2D eigenvalue weighted by atomic mass is 16.6. The molecule has 1 fully saturated rings. The Morgan fingerprint density at radius 1 is 1.04 bits per heavy atom. The summed E-state index contributed by atoms with van der Waals surface area (Å²) in [4.78, 5) is 26.7. The number of nitro benzene ring substituents is 1. The number of nitro groups is 1. The first-order valence-electron chi connectivity index (χ1n) is 8.18. The number of benzene rings is 2. The van der Waals surface area contributed by atoms with Crippen molar-refractivity contribution in [1.29, 1.82) is 0 Å². The fourth-order valence-corrected chi connectivity index (χ4v) is 2.85. The van der Waals surface area contributed by atoms with Crippen molar-refractivity contribution < 1.29 is 9.72 Å². The summed E-state index contributed by atoms with van der Waals surface area (Å²) >= 11 is 0. The van der Waals surface area contributed by atoms with Crippen molar-refractivity contribution >= 4 is 17.4 Å². The van der Waals surface area contributed by atoms with Crippen LogP contribution in [0.4, 0.5) is 16.2 Å². The second-order valence-electron chi connectivity index (χ2n) is 5.99. The molecule has 0 bridgehead atoms. The van der Waals surface area contributed by atoms with Gasteiger partial charge >= 0.3 is 6.03 Å². The van der Waals surface area contributed by atoms with Crippen LogP contribution in [0.1, 0.15) is 5.56 Å². The van der Waals surface area contributed by atoms with Crippen LogP contribution in [0.3, 0.4) is 0 Å². The number of piperazine rings is 1. The SMILES string of the molecule is O=C(Nc1cccc([N+](=O)[O-])c1)N1CCN(Cc2ccccc2)CC1. The van der Waals surface area contributed by atoms with E-state index in [1.54, 1.807) is 17.0 Å². The number of carbonyl (C=O) groups excluding carboxylic acids is 1. The third kappa shape index (κ3) is 4.54. The molecule has 130 valence electrons. The molecule has 1 aliphatic heterocycles. The van der Waals surface area contributed by atoms with Crippen molar-refractivity contribution in [3.05, 3.63) is 70.3 Å². The Morgan fingerprint density at radius 2 is 1.76 bits per heavy atom. The quantitative estimate of drug-likeness (QED) is 0.685. The number of amides is 2. The van der Waals surface area contributed by atoms with Crippen LogP contribution in [0.5, 0.6) is 0 Å². The van der Waals surface area contributed by atoms with Gasteiger partial charge in [-0.2, -0.15) is 0 Å². The third-order valence-corrected chi connectivity index (χ3v) is 4.22. The Labute approximate surface area is 146 Å². The van der Waals surface area contributed by atoms with E-state index in [-0.39, 0.29) is 11.7 Å². The van der Waals surface area contributed by atoms with Gasteiger partial charge in [-0.3, -0.25) is 15.0 Å².